The molecule has 0 aliphatic carbocycles. The number of nitrogens with one attached hydrogen (secondary N) is 1. The van der Waals surface area contributed by atoms with Crippen molar-refractivity contribution in [2.45, 2.75) is 61.6 Å². The molecule has 0 bridgehead atoms. The van der Waals surface area contributed by atoms with Gasteiger partial charge in [-0.15, -0.1) is 0 Å². The number of rotatable bonds is 9. The standard InChI is InChI=1S/C23H24N4O3.C20H18BrN3O/c1-5-29-23-25-22-19(24-16(4)28)11-18(21-14(2)26-30-15(21)3)12-20(22)27(23)13-17-9-7-6-8-10-17;1-12-19(13(2)25-23-12)16-9-17(21)20-18(10-16)24(14(3)22-20)11-15-7-5-4-6-8-15/h6-12H,5,13H2,1-4H3,(H,24,28);4-10H,11H2,1-3H3. The predicted molar refractivity (Wildman–Crippen MR) is 218 cm³/mol. The Labute approximate surface area is 327 Å². The van der Waals surface area contributed by atoms with Gasteiger partial charge in [-0.3, -0.25) is 9.36 Å². The number of aryl methyl sites for hydroxylation is 5. The lowest BCUT2D eigenvalue weighted by atomic mass is 10.0. The Kier molecular flexibility index (Phi) is 10.7. The van der Waals surface area contributed by atoms with Crippen LogP contribution in [0, 0.1) is 34.6 Å². The highest BCUT2D eigenvalue weighted by atomic mass is 79.9. The molecule has 0 fully saturated rings. The summed E-state index contributed by atoms with van der Waals surface area (Å²) in [7, 11) is 0. The van der Waals surface area contributed by atoms with Gasteiger partial charge in [0.2, 0.25) is 5.91 Å². The van der Waals surface area contributed by atoms with Crippen LogP contribution in [0.25, 0.3) is 44.3 Å². The summed E-state index contributed by atoms with van der Waals surface area (Å²) in [5.74, 6) is 2.38. The Balaban J connectivity index is 0.000000172. The van der Waals surface area contributed by atoms with Crippen LogP contribution in [-0.4, -0.2) is 41.9 Å². The molecule has 1 N–H and O–H groups in total. The number of hydrogen-bond donors (Lipinski definition) is 1. The Morgan fingerprint density at radius 2 is 1.25 bits per heavy atom. The van der Waals surface area contributed by atoms with Gasteiger partial charge < -0.3 is 23.7 Å². The van der Waals surface area contributed by atoms with Crippen molar-refractivity contribution in [3.63, 3.8) is 0 Å². The summed E-state index contributed by atoms with van der Waals surface area (Å²) < 4.78 is 21.8. The first-order valence-corrected chi connectivity index (χ1v) is 18.9. The Bertz CT molecular complexity index is 2600. The van der Waals surface area contributed by atoms with Crippen LogP contribution in [0.5, 0.6) is 6.01 Å². The molecule has 4 aromatic carbocycles. The molecule has 1 amide bonds. The normalized spacial score (nSPS) is 11.2. The van der Waals surface area contributed by atoms with Crippen molar-refractivity contribution in [2.75, 3.05) is 11.9 Å². The van der Waals surface area contributed by atoms with Crippen molar-refractivity contribution < 1.29 is 18.6 Å². The zero-order valence-corrected chi connectivity index (χ0v) is 33.5. The maximum Gasteiger partial charge on any atom is 0.297 e. The van der Waals surface area contributed by atoms with Crippen LogP contribution in [0.2, 0.25) is 0 Å². The first-order chi connectivity index (χ1) is 26.5. The number of imidazole rings is 2. The summed E-state index contributed by atoms with van der Waals surface area (Å²) in [6.07, 6.45) is 0. The van der Waals surface area contributed by atoms with Gasteiger partial charge in [-0.1, -0.05) is 71.0 Å². The van der Waals surface area contributed by atoms with Crippen LogP contribution in [-0.2, 0) is 17.9 Å². The number of aromatic nitrogens is 6. The van der Waals surface area contributed by atoms with Gasteiger partial charge in [-0.25, -0.2) is 4.98 Å². The number of benzene rings is 4. The second-order valence-corrected chi connectivity index (χ2v) is 14.3. The first-order valence-electron chi connectivity index (χ1n) is 18.1. The zero-order chi connectivity index (χ0) is 38.8. The van der Waals surface area contributed by atoms with Gasteiger partial charge in [0.15, 0.2) is 0 Å². The quantitative estimate of drug-likeness (QED) is 0.153. The fraction of sp³-hybridized carbons (Fsp3) is 0.233. The molecule has 4 aromatic heterocycles. The van der Waals surface area contributed by atoms with Crippen LogP contribution >= 0.6 is 15.9 Å². The summed E-state index contributed by atoms with van der Waals surface area (Å²) in [5.41, 5.74) is 12.3. The van der Waals surface area contributed by atoms with E-state index in [0.717, 1.165) is 84.1 Å². The van der Waals surface area contributed by atoms with Crippen LogP contribution in [0.3, 0.4) is 0 Å². The molecule has 8 aromatic rings. The Morgan fingerprint density at radius 3 is 1.76 bits per heavy atom. The van der Waals surface area contributed by atoms with Gasteiger partial charge in [-0.2, -0.15) is 4.98 Å². The van der Waals surface area contributed by atoms with Gasteiger partial charge in [0.1, 0.15) is 28.4 Å². The van der Waals surface area contributed by atoms with E-state index in [4.69, 9.17) is 23.8 Å². The number of ether oxygens (including phenoxy) is 1. The van der Waals surface area contributed by atoms with Gasteiger partial charge >= 0.3 is 0 Å². The maximum absolute atomic E-state index is 11.9. The molecule has 0 spiro atoms. The highest BCUT2D eigenvalue weighted by molar-refractivity contribution is 9.10. The van der Waals surface area contributed by atoms with E-state index in [1.165, 1.54) is 12.5 Å². The van der Waals surface area contributed by atoms with Crippen molar-refractivity contribution in [3.05, 3.63) is 129 Å². The van der Waals surface area contributed by atoms with Gasteiger partial charge in [0, 0.05) is 29.1 Å². The van der Waals surface area contributed by atoms with E-state index in [9.17, 15) is 4.79 Å². The van der Waals surface area contributed by atoms with Crippen LogP contribution in [0.15, 0.2) is 98.4 Å². The molecule has 0 aliphatic heterocycles. The summed E-state index contributed by atoms with van der Waals surface area (Å²) in [5, 5.41) is 11.1. The van der Waals surface area contributed by atoms with E-state index in [0.29, 0.717) is 30.4 Å². The van der Waals surface area contributed by atoms with E-state index in [2.05, 4.69) is 84.7 Å². The second-order valence-electron chi connectivity index (χ2n) is 13.4. The molecule has 0 radical (unpaired) electrons. The van der Waals surface area contributed by atoms with E-state index in [1.807, 2.05) is 82.5 Å². The van der Waals surface area contributed by atoms with Gasteiger partial charge in [0.05, 0.1) is 41.3 Å². The summed E-state index contributed by atoms with van der Waals surface area (Å²) in [6, 6.07) is 29.3. The molecule has 55 heavy (non-hydrogen) atoms. The molecule has 8 rings (SSSR count). The third kappa shape index (κ3) is 7.68. The molecule has 11 nitrogen and oxygen atoms in total. The van der Waals surface area contributed by atoms with Gasteiger partial charge in [0.25, 0.3) is 6.01 Å². The molecule has 0 saturated carbocycles. The predicted octanol–water partition coefficient (Wildman–Crippen LogP) is 10.1. The lowest BCUT2D eigenvalue weighted by molar-refractivity contribution is -0.114. The molecular weight excluding hydrogens is 758 g/mol. The molecule has 0 atom stereocenters. The Hall–Kier alpha value is -6.01. The van der Waals surface area contributed by atoms with E-state index < -0.39 is 0 Å². The van der Waals surface area contributed by atoms with Crippen molar-refractivity contribution in [1.82, 2.24) is 29.4 Å². The molecule has 12 heteroatoms. The van der Waals surface area contributed by atoms with Crippen LogP contribution < -0.4 is 10.1 Å². The third-order valence-electron chi connectivity index (χ3n) is 9.41. The summed E-state index contributed by atoms with van der Waals surface area (Å²) in [6.45, 7) is 15.0. The molecule has 0 unspecified atom stereocenters. The van der Waals surface area contributed by atoms with Crippen molar-refractivity contribution in [2.24, 2.45) is 0 Å². The topological polar surface area (TPSA) is 126 Å². The smallest absolute Gasteiger partial charge is 0.297 e. The average Bonchev–Trinajstić information content (AvgIpc) is 3.89. The molecule has 0 saturated heterocycles. The number of hydrogen-bond acceptors (Lipinski definition) is 8. The molecule has 4 heterocycles. The maximum atomic E-state index is 11.9. The van der Waals surface area contributed by atoms with Crippen molar-refractivity contribution in [3.8, 4) is 28.3 Å². The minimum absolute atomic E-state index is 0.164. The molecule has 0 aliphatic rings. The van der Waals surface area contributed by atoms with E-state index >= 15 is 0 Å². The highest BCUT2D eigenvalue weighted by Crippen LogP contribution is 2.37. The first kappa shape index (κ1) is 37.3. The Morgan fingerprint density at radius 1 is 0.727 bits per heavy atom. The fourth-order valence-corrected chi connectivity index (χ4v) is 7.52. The number of fused-ring (bicyclic) bond motifs is 2. The van der Waals surface area contributed by atoms with E-state index in [1.54, 1.807) is 0 Å². The van der Waals surface area contributed by atoms with Crippen molar-refractivity contribution >= 4 is 49.6 Å². The number of anilines is 1. The fourth-order valence-electron chi connectivity index (χ4n) is 6.99. The number of amides is 1. The monoisotopic (exact) mass is 799 g/mol. The summed E-state index contributed by atoms with van der Waals surface area (Å²) in [4.78, 5) is 21.3. The van der Waals surface area contributed by atoms with Crippen LogP contribution in [0.4, 0.5) is 5.69 Å². The number of carbonyl (C=O) groups is 1. The average molecular weight is 801 g/mol. The molecular formula is C43H42BrN7O4. The number of halogens is 1. The van der Waals surface area contributed by atoms with Gasteiger partial charge in [-0.05, 0) is 104 Å². The van der Waals surface area contributed by atoms with E-state index in [-0.39, 0.29) is 5.91 Å². The number of nitrogens with zero attached hydrogens (tertiary/aromatic N) is 6. The lowest BCUT2D eigenvalue weighted by Crippen LogP contribution is -2.07. The summed E-state index contributed by atoms with van der Waals surface area (Å²) >= 11 is 3.69. The number of carbonyl (C=O) groups excluding carboxylic acids is 1. The minimum atomic E-state index is -0.164. The largest absolute Gasteiger partial charge is 0.465 e. The highest BCUT2D eigenvalue weighted by Gasteiger charge is 2.21. The van der Waals surface area contributed by atoms with Crippen LogP contribution in [0.1, 0.15) is 53.7 Å². The third-order valence-corrected chi connectivity index (χ3v) is 10.0. The second kappa shape index (κ2) is 15.8. The van der Waals surface area contributed by atoms with Crippen molar-refractivity contribution in [1.29, 1.82) is 0 Å². The minimum Gasteiger partial charge on any atom is -0.465 e. The SMILES string of the molecule is CCOc1nc2c(NC(C)=O)cc(-c3c(C)noc3C)cc2n1Cc1ccccc1.Cc1noc(C)c1-c1cc(Br)c2nc(C)n(Cc3ccccc3)c2c1. The molecule has 280 valence electrons. The zero-order valence-electron chi connectivity index (χ0n) is 31.9. The lowest BCUT2D eigenvalue weighted by Gasteiger charge is -2.11.